The molecule has 1 atom stereocenters. The largest absolute Gasteiger partial charge is 0.493 e. The number of imidazole rings is 1. The van der Waals surface area contributed by atoms with Crippen LogP contribution in [0.3, 0.4) is 0 Å². The molecule has 2 N–H and O–H groups in total. The second-order valence-corrected chi connectivity index (χ2v) is 9.27. The van der Waals surface area contributed by atoms with Crippen LogP contribution in [0.5, 0.6) is 17.2 Å². The molecule has 3 aromatic heterocycles. The Morgan fingerprint density at radius 2 is 1.86 bits per heavy atom. The highest BCUT2D eigenvalue weighted by Crippen LogP contribution is 2.39. The van der Waals surface area contributed by atoms with Crippen LogP contribution in [0, 0.1) is 0 Å². The van der Waals surface area contributed by atoms with E-state index in [4.69, 9.17) is 24.2 Å². The number of hydrogen-bond donors (Lipinski definition) is 2. The van der Waals surface area contributed by atoms with E-state index < -0.39 is 0 Å². The van der Waals surface area contributed by atoms with Crippen molar-refractivity contribution in [2.45, 2.75) is 38.8 Å². The molecule has 0 saturated carbocycles. The average Bonchev–Trinajstić information content (AvgIpc) is 3.66. The standard InChI is InChI=1S/C26H33N7O4/c1-16(2)32-10-8-19-24(32)29-26(30-25(19)33-9-6-7-17(33)14-34)28-22-13-31(15-27-22)18-11-20(35-3)23(37-5)21(12-18)36-4/h8,10-13,15-17,34H,6-7,9,14H2,1-5H3,(H,28,29,30). The van der Waals surface area contributed by atoms with Gasteiger partial charge < -0.3 is 38.7 Å². The second-order valence-electron chi connectivity index (χ2n) is 9.27. The highest BCUT2D eigenvalue weighted by molar-refractivity contribution is 5.90. The first-order chi connectivity index (χ1) is 18.0. The Kier molecular flexibility index (Phi) is 6.79. The lowest BCUT2D eigenvalue weighted by Gasteiger charge is -2.25. The average molecular weight is 508 g/mol. The Morgan fingerprint density at radius 1 is 1.11 bits per heavy atom. The lowest BCUT2D eigenvalue weighted by molar-refractivity contribution is 0.266. The number of hydrogen-bond acceptors (Lipinski definition) is 9. The van der Waals surface area contributed by atoms with Gasteiger partial charge >= 0.3 is 0 Å². The number of aliphatic hydroxyl groups is 1. The second kappa shape index (κ2) is 10.2. The first-order valence-corrected chi connectivity index (χ1v) is 12.3. The lowest BCUT2D eigenvalue weighted by atomic mass is 10.2. The van der Waals surface area contributed by atoms with Gasteiger partial charge in [0.2, 0.25) is 11.7 Å². The zero-order valence-electron chi connectivity index (χ0n) is 21.8. The van der Waals surface area contributed by atoms with Gasteiger partial charge in [0.25, 0.3) is 0 Å². The van der Waals surface area contributed by atoms with Gasteiger partial charge in [-0.05, 0) is 32.8 Å². The van der Waals surface area contributed by atoms with Crippen LogP contribution in [0.4, 0.5) is 17.6 Å². The van der Waals surface area contributed by atoms with E-state index in [0.29, 0.717) is 29.0 Å². The van der Waals surface area contributed by atoms with Gasteiger partial charge in [-0.3, -0.25) is 0 Å². The SMILES string of the molecule is COc1cc(-n2cnc(Nc3nc(N4CCCC4CO)c4ccn(C(C)C)c4n3)c2)cc(OC)c1OC. The summed E-state index contributed by atoms with van der Waals surface area (Å²) >= 11 is 0. The molecule has 5 rings (SSSR count). The molecule has 1 saturated heterocycles. The van der Waals surface area contributed by atoms with Crippen LogP contribution < -0.4 is 24.4 Å². The summed E-state index contributed by atoms with van der Waals surface area (Å²) in [6.07, 6.45) is 7.54. The van der Waals surface area contributed by atoms with E-state index in [2.05, 4.69) is 39.7 Å². The van der Waals surface area contributed by atoms with E-state index >= 15 is 0 Å². The molecule has 1 unspecified atom stereocenters. The highest BCUT2D eigenvalue weighted by atomic mass is 16.5. The van der Waals surface area contributed by atoms with E-state index in [1.54, 1.807) is 27.7 Å². The fourth-order valence-corrected chi connectivity index (χ4v) is 4.87. The third-order valence-electron chi connectivity index (χ3n) is 6.74. The van der Waals surface area contributed by atoms with E-state index in [9.17, 15) is 5.11 Å². The Hall–Kier alpha value is -3.99. The predicted octanol–water partition coefficient (Wildman–Crippen LogP) is 3.93. The van der Waals surface area contributed by atoms with E-state index in [1.807, 2.05) is 29.1 Å². The quantitative estimate of drug-likeness (QED) is 0.348. The maximum atomic E-state index is 9.94. The first kappa shape index (κ1) is 24.7. The summed E-state index contributed by atoms with van der Waals surface area (Å²) in [7, 11) is 4.74. The van der Waals surface area contributed by atoms with Crippen molar-refractivity contribution in [2.75, 3.05) is 44.7 Å². The van der Waals surface area contributed by atoms with Gasteiger partial charge in [-0.1, -0.05) is 0 Å². The summed E-state index contributed by atoms with van der Waals surface area (Å²) in [5, 5.41) is 14.2. The number of aliphatic hydroxyl groups excluding tert-OH is 1. The normalized spacial score (nSPS) is 15.5. The number of methoxy groups -OCH3 is 3. The van der Waals surface area contributed by atoms with Gasteiger partial charge in [0.15, 0.2) is 17.3 Å². The predicted molar refractivity (Wildman–Crippen MR) is 142 cm³/mol. The highest BCUT2D eigenvalue weighted by Gasteiger charge is 2.28. The zero-order valence-corrected chi connectivity index (χ0v) is 21.8. The van der Waals surface area contributed by atoms with Crippen LogP contribution >= 0.6 is 0 Å². The van der Waals surface area contributed by atoms with Gasteiger partial charge in [0.1, 0.15) is 17.8 Å². The molecule has 0 amide bonds. The van der Waals surface area contributed by atoms with E-state index in [1.165, 1.54) is 0 Å². The van der Waals surface area contributed by atoms with Gasteiger partial charge in [-0.25, -0.2) is 4.98 Å². The summed E-state index contributed by atoms with van der Waals surface area (Å²) in [5.41, 5.74) is 1.64. The van der Waals surface area contributed by atoms with Gasteiger partial charge in [0.05, 0.1) is 51.2 Å². The molecular weight excluding hydrogens is 474 g/mol. The van der Waals surface area contributed by atoms with Crippen molar-refractivity contribution in [2.24, 2.45) is 0 Å². The maximum Gasteiger partial charge on any atom is 0.232 e. The lowest BCUT2D eigenvalue weighted by Crippen LogP contribution is -2.33. The third kappa shape index (κ3) is 4.50. The van der Waals surface area contributed by atoms with Gasteiger partial charge in [0, 0.05) is 30.9 Å². The van der Waals surface area contributed by atoms with Crippen LogP contribution in [-0.4, -0.2) is 69.7 Å². The molecule has 0 radical (unpaired) electrons. The van der Waals surface area contributed by atoms with Crippen molar-refractivity contribution in [3.63, 3.8) is 0 Å². The minimum absolute atomic E-state index is 0.0487. The van der Waals surface area contributed by atoms with Crippen molar-refractivity contribution < 1.29 is 19.3 Å². The number of nitrogens with zero attached hydrogens (tertiary/aromatic N) is 6. The minimum atomic E-state index is 0.0487. The molecule has 37 heavy (non-hydrogen) atoms. The third-order valence-corrected chi connectivity index (χ3v) is 6.74. The smallest absolute Gasteiger partial charge is 0.232 e. The molecular formula is C26H33N7O4. The number of aromatic nitrogens is 5. The van der Waals surface area contributed by atoms with Crippen LogP contribution in [0.25, 0.3) is 16.7 Å². The fraction of sp³-hybridized carbons (Fsp3) is 0.423. The monoisotopic (exact) mass is 507 g/mol. The van der Waals surface area contributed by atoms with Crippen molar-refractivity contribution >= 4 is 28.6 Å². The molecule has 1 aromatic carbocycles. The minimum Gasteiger partial charge on any atom is -0.493 e. The molecule has 11 heteroatoms. The molecule has 1 aliphatic heterocycles. The number of benzene rings is 1. The molecule has 4 heterocycles. The topological polar surface area (TPSA) is 112 Å². The van der Waals surface area contributed by atoms with Crippen molar-refractivity contribution in [3.8, 4) is 22.9 Å². The summed E-state index contributed by atoms with van der Waals surface area (Å²) < 4.78 is 20.4. The molecule has 0 spiro atoms. The molecule has 11 nitrogen and oxygen atoms in total. The van der Waals surface area contributed by atoms with Crippen LogP contribution in [0.15, 0.2) is 36.9 Å². The molecule has 1 aliphatic rings. The summed E-state index contributed by atoms with van der Waals surface area (Å²) in [6, 6.07) is 6.05. The van der Waals surface area contributed by atoms with Crippen molar-refractivity contribution in [1.29, 1.82) is 0 Å². The number of fused-ring (bicyclic) bond motifs is 1. The molecule has 0 aliphatic carbocycles. The van der Waals surface area contributed by atoms with E-state index in [-0.39, 0.29) is 18.7 Å². The van der Waals surface area contributed by atoms with Crippen LogP contribution in [0.1, 0.15) is 32.7 Å². The molecule has 0 bridgehead atoms. The van der Waals surface area contributed by atoms with Crippen molar-refractivity contribution in [3.05, 3.63) is 36.9 Å². The van der Waals surface area contributed by atoms with Crippen molar-refractivity contribution in [1.82, 2.24) is 24.1 Å². The first-order valence-electron chi connectivity index (χ1n) is 12.3. The van der Waals surface area contributed by atoms with Gasteiger partial charge in [-0.15, -0.1) is 0 Å². The number of rotatable bonds is 9. The number of nitrogens with one attached hydrogen (secondary N) is 1. The van der Waals surface area contributed by atoms with E-state index in [0.717, 1.165) is 41.9 Å². The number of ether oxygens (including phenoxy) is 3. The summed E-state index contributed by atoms with van der Waals surface area (Å²) in [5.74, 6) is 3.49. The maximum absolute atomic E-state index is 9.94. The number of anilines is 3. The molecule has 1 fully saturated rings. The zero-order chi connectivity index (χ0) is 26.1. The van der Waals surface area contributed by atoms with Crippen LogP contribution in [-0.2, 0) is 0 Å². The summed E-state index contributed by atoms with van der Waals surface area (Å²) in [4.78, 5) is 16.4. The van der Waals surface area contributed by atoms with Gasteiger partial charge in [-0.2, -0.15) is 9.97 Å². The molecule has 4 aromatic rings. The van der Waals surface area contributed by atoms with Crippen LogP contribution in [0.2, 0.25) is 0 Å². The Bertz CT molecular complexity index is 1370. The fourth-order valence-electron chi connectivity index (χ4n) is 4.87. The Balaban J connectivity index is 1.51. The summed E-state index contributed by atoms with van der Waals surface area (Å²) in [6.45, 7) is 5.19. The molecule has 196 valence electrons. The Labute approximate surface area is 215 Å². The Morgan fingerprint density at radius 3 is 2.51 bits per heavy atom.